The van der Waals surface area contributed by atoms with Gasteiger partial charge in [-0.25, -0.2) is 0 Å². The summed E-state index contributed by atoms with van der Waals surface area (Å²) in [6, 6.07) is 14.1. The fourth-order valence-corrected chi connectivity index (χ4v) is 4.19. The van der Waals surface area contributed by atoms with Gasteiger partial charge < -0.3 is 14.0 Å². The lowest BCUT2D eigenvalue weighted by Crippen LogP contribution is -2.15. The first-order valence-electron chi connectivity index (χ1n) is 7.88. The predicted molar refractivity (Wildman–Crippen MR) is 101 cm³/mol. The first kappa shape index (κ1) is 16.5. The minimum Gasteiger partial charge on any atom is -0.486 e. The molecule has 1 aromatic heterocycles. The van der Waals surface area contributed by atoms with Crippen LogP contribution < -0.4 is 9.47 Å². The smallest absolute Gasteiger partial charge is 0.191 e. The van der Waals surface area contributed by atoms with E-state index >= 15 is 0 Å². The minimum atomic E-state index is 0.588. The fourth-order valence-electron chi connectivity index (χ4n) is 2.64. The molecule has 128 valence electrons. The van der Waals surface area contributed by atoms with Crippen LogP contribution in [0.15, 0.2) is 52.1 Å². The van der Waals surface area contributed by atoms with Gasteiger partial charge in [0.05, 0.1) is 0 Å². The van der Waals surface area contributed by atoms with Crippen molar-refractivity contribution in [2.45, 2.75) is 10.9 Å². The summed E-state index contributed by atoms with van der Waals surface area (Å²) in [5.74, 6) is 3.21. The highest BCUT2D eigenvalue weighted by atomic mass is 79.9. The highest BCUT2D eigenvalue weighted by molar-refractivity contribution is 9.10. The predicted octanol–water partition coefficient (Wildman–Crippen LogP) is 4.31. The molecule has 5 nitrogen and oxygen atoms in total. The van der Waals surface area contributed by atoms with E-state index in [-0.39, 0.29) is 0 Å². The number of thioether (sulfide) groups is 1. The van der Waals surface area contributed by atoms with Crippen LogP contribution in [0.1, 0.15) is 5.56 Å². The van der Waals surface area contributed by atoms with E-state index < -0.39 is 0 Å². The van der Waals surface area contributed by atoms with Crippen molar-refractivity contribution >= 4 is 27.7 Å². The van der Waals surface area contributed by atoms with E-state index in [0.717, 1.165) is 43.8 Å². The van der Waals surface area contributed by atoms with E-state index in [1.54, 1.807) is 11.8 Å². The minimum absolute atomic E-state index is 0.588. The molecule has 0 unspecified atom stereocenters. The van der Waals surface area contributed by atoms with Gasteiger partial charge in [0.25, 0.3) is 0 Å². The third-order valence-corrected chi connectivity index (χ3v) is 5.74. The van der Waals surface area contributed by atoms with Crippen LogP contribution in [0.5, 0.6) is 11.5 Å². The Labute approximate surface area is 158 Å². The Morgan fingerprint density at radius 1 is 1.08 bits per heavy atom. The van der Waals surface area contributed by atoms with Crippen LogP contribution in [0.3, 0.4) is 0 Å². The molecule has 25 heavy (non-hydrogen) atoms. The first-order chi connectivity index (χ1) is 12.2. The van der Waals surface area contributed by atoms with Crippen LogP contribution in [-0.4, -0.2) is 28.0 Å². The lowest BCUT2D eigenvalue weighted by molar-refractivity contribution is 0.171. The molecule has 0 bridgehead atoms. The van der Waals surface area contributed by atoms with Crippen LogP contribution in [0.4, 0.5) is 0 Å². The normalized spacial score (nSPS) is 13.0. The Hall–Kier alpha value is -1.99. The number of nitrogens with zero attached hydrogens (tertiary/aromatic N) is 3. The second-order valence-electron chi connectivity index (χ2n) is 5.61. The highest BCUT2D eigenvalue weighted by Gasteiger charge is 2.16. The topological polar surface area (TPSA) is 49.2 Å². The van der Waals surface area contributed by atoms with E-state index in [9.17, 15) is 0 Å². The van der Waals surface area contributed by atoms with Gasteiger partial charge in [-0.05, 0) is 17.7 Å². The van der Waals surface area contributed by atoms with Gasteiger partial charge in [0.15, 0.2) is 22.5 Å². The number of benzene rings is 2. The molecule has 0 aliphatic carbocycles. The van der Waals surface area contributed by atoms with Crippen molar-refractivity contribution in [3.05, 3.63) is 52.5 Å². The zero-order valence-electron chi connectivity index (χ0n) is 13.6. The summed E-state index contributed by atoms with van der Waals surface area (Å²) in [4.78, 5) is 0. The largest absolute Gasteiger partial charge is 0.486 e. The summed E-state index contributed by atoms with van der Waals surface area (Å²) in [7, 11) is 1.99. The summed E-state index contributed by atoms with van der Waals surface area (Å²) in [6.45, 7) is 1.18. The van der Waals surface area contributed by atoms with E-state index in [4.69, 9.17) is 9.47 Å². The van der Waals surface area contributed by atoms with Crippen molar-refractivity contribution in [1.29, 1.82) is 0 Å². The maximum atomic E-state index is 5.67. The number of ether oxygens (including phenoxy) is 2. The molecular weight excluding hydrogens is 402 g/mol. The lowest BCUT2D eigenvalue weighted by atomic mass is 10.2. The summed E-state index contributed by atoms with van der Waals surface area (Å²) in [6.07, 6.45) is 0. The fraction of sp³-hybridized carbons (Fsp3) is 0.222. The van der Waals surface area contributed by atoms with Crippen molar-refractivity contribution in [2.24, 2.45) is 7.05 Å². The van der Waals surface area contributed by atoms with Gasteiger partial charge in [-0.3, -0.25) is 0 Å². The number of halogens is 1. The zero-order valence-corrected chi connectivity index (χ0v) is 16.0. The maximum absolute atomic E-state index is 5.67. The number of hydrogen-bond donors (Lipinski definition) is 0. The molecule has 0 fully saturated rings. The first-order valence-corrected chi connectivity index (χ1v) is 9.66. The molecule has 7 heteroatoms. The van der Waals surface area contributed by atoms with E-state index in [0.29, 0.717) is 13.2 Å². The third kappa shape index (κ3) is 3.39. The SMILES string of the molecule is Cn1c(SCc2cc3c(cc2Br)OCCO3)nnc1-c1ccccc1. The highest BCUT2D eigenvalue weighted by Crippen LogP contribution is 2.37. The van der Waals surface area contributed by atoms with Crippen molar-refractivity contribution in [3.8, 4) is 22.9 Å². The monoisotopic (exact) mass is 417 g/mol. The standard InChI is InChI=1S/C18H16BrN3O2S/c1-22-17(12-5-3-2-4-6-12)20-21-18(22)25-11-13-9-15-16(10-14(13)19)24-8-7-23-15/h2-6,9-10H,7-8,11H2,1H3. The Kier molecular flexibility index (Phi) is 4.67. The second kappa shape index (κ2) is 7.09. The lowest BCUT2D eigenvalue weighted by Gasteiger charge is -2.19. The van der Waals surface area contributed by atoms with Crippen LogP contribution in [-0.2, 0) is 12.8 Å². The average Bonchev–Trinajstić information content (AvgIpc) is 3.01. The summed E-state index contributed by atoms with van der Waals surface area (Å²) in [5.41, 5.74) is 2.20. The summed E-state index contributed by atoms with van der Waals surface area (Å²) >= 11 is 5.26. The number of aromatic nitrogens is 3. The molecule has 0 atom stereocenters. The van der Waals surface area contributed by atoms with Crippen LogP contribution in [0.25, 0.3) is 11.4 Å². The Morgan fingerprint density at radius 2 is 1.80 bits per heavy atom. The molecule has 0 N–H and O–H groups in total. The Bertz CT molecular complexity index is 899. The number of hydrogen-bond acceptors (Lipinski definition) is 5. The van der Waals surface area contributed by atoms with Crippen molar-refractivity contribution in [2.75, 3.05) is 13.2 Å². The Balaban J connectivity index is 1.53. The summed E-state index contributed by atoms with van der Waals surface area (Å²) in [5, 5.41) is 9.53. The molecule has 2 heterocycles. The summed E-state index contributed by atoms with van der Waals surface area (Å²) < 4.78 is 14.3. The molecule has 4 rings (SSSR count). The molecule has 0 saturated carbocycles. The van der Waals surface area contributed by atoms with E-state index in [2.05, 4.69) is 26.1 Å². The molecule has 1 aliphatic rings. The van der Waals surface area contributed by atoms with Gasteiger partial charge in [-0.15, -0.1) is 10.2 Å². The number of fused-ring (bicyclic) bond motifs is 1. The van der Waals surface area contributed by atoms with Crippen LogP contribution in [0, 0.1) is 0 Å². The Morgan fingerprint density at radius 3 is 2.56 bits per heavy atom. The molecule has 3 aromatic rings. The van der Waals surface area contributed by atoms with Gasteiger partial charge in [-0.2, -0.15) is 0 Å². The molecule has 2 aromatic carbocycles. The van der Waals surface area contributed by atoms with Crippen LogP contribution >= 0.6 is 27.7 Å². The van der Waals surface area contributed by atoms with E-state index in [1.807, 2.05) is 54.1 Å². The molecule has 0 amide bonds. The molecule has 0 spiro atoms. The van der Waals surface area contributed by atoms with Crippen molar-refractivity contribution in [3.63, 3.8) is 0 Å². The average molecular weight is 418 g/mol. The maximum Gasteiger partial charge on any atom is 0.191 e. The zero-order chi connectivity index (χ0) is 17.2. The van der Waals surface area contributed by atoms with Gasteiger partial charge >= 0.3 is 0 Å². The molecular formula is C18H16BrN3O2S. The van der Waals surface area contributed by atoms with Crippen molar-refractivity contribution in [1.82, 2.24) is 14.8 Å². The van der Waals surface area contributed by atoms with Gasteiger partial charge in [-0.1, -0.05) is 58.0 Å². The van der Waals surface area contributed by atoms with Gasteiger partial charge in [0, 0.05) is 22.8 Å². The molecule has 1 aliphatic heterocycles. The molecule has 0 radical (unpaired) electrons. The van der Waals surface area contributed by atoms with Crippen LogP contribution in [0.2, 0.25) is 0 Å². The van der Waals surface area contributed by atoms with Crippen molar-refractivity contribution < 1.29 is 9.47 Å². The van der Waals surface area contributed by atoms with E-state index in [1.165, 1.54) is 0 Å². The third-order valence-electron chi connectivity index (χ3n) is 3.93. The van der Waals surface area contributed by atoms with Gasteiger partial charge in [0.1, 0.15) is 13.2 Å². The molecule has 0 saturated heterocycles. The number of rotatable bonds is 4. The quantitative estimate of drug-likeness (QED) is 0.591. The second-order valence-corrected chi connectivity index (χ2v) is 7.40. The van der Waals surface area contributed by atoms with Gasteiger partial charge in [0.2, 0.25) is 0 Å².